The van der Waals surface area contributed by atoms with Crippen molar-refractivity contribution in [1.29, 1.82) is 0 Å². The van der Waals surface area contributed by atoms with Gasteiger partial charge in [0.05, 0.1) is 34.3 Å². The van der Waals surface area contributed by atoms with E-state index in [0.717, 1.165) is 44.5 Å². The summed E-state index contributed by atoms with van der Waals surface area (Å²) in [6.07, 6.45) is 3.77. The number of halogens is 2. The lowest BCUT2D eigenvalue weighted by molar-refractivity contribution is 0.407. The first-order valence-electron chi connectivity index (χ1n) is 14.0. The van der Waals surface area contributed by atoms with E-state index in [2.05, 4.69) is 30.5 Å². The molecular weight excluding hydrogens is 579 g/mol. The van der Waals surface area contributed by atoms with Crippen molar-refractivity contribution in [1.82, 2.24) is 14.2 Å². The van der Waals surface area contributed by atoms with Crippen LogP contribution >= 0.6 is 23.2 Å². The summed E-state index contributed by atoms with van der Waals surface area (Å²) in [5.74, 6) is 1.49. The lowest BCUT2D eigenvalue weighted by atomic mass is 9.96. The number of rotatable bonds is 7. The van der Waals surface area contributed by atoms with Crippen molar-refractivity contribution < 1.29 is 4.74 Å². The van der Waals surface area contributed by atoms with Crippen molar-refractivity contribution in [3.05, 3.63) is 128 Å². The fourth-order valence-corrected chi connectivity index (χ4v) is 5.76. The van der Waals surface area contributed by atoms with Gasteiger partial charge in [-0.25, -0.2) is 4.98 Å². The average molecular weight is 610 g/mol. The quantitative estimate of drug-likeness (QED) is 0.170. The van der Waals surface area contributed by atoms with E-state index in [0.29, 0.717) is 33.3 Å². The summed E-state index contributed by atoms with van der Waals surface area (Å²) in [5.41, 5.74) is 6.10. The van der Waals surface area contributed by atoms with Gasteiger partial charge >= 0.3 is 0 Å². The topological polar surface area (TPSA) is 61.4 Å². The SMILES string of the molecule is COc1cc(C)c(-c2nc3ccccc3c(=O)n2N=Cc2cn(Cc3ccc(Cl)c(Cl)c3)c3ccccc23)cc1C(C)C. The van der Waals surface area contributed by atoms with E-state index in [1.807, 2.05) is 67.7 Å². The second-order valence-corrected chi connectivity index (χ2v) is 11.7. The minimum atomic E-state index is -0.238. The Bertz CT molecular complexity index is 2090. The van der Waals surface area contributed by atoms with Crippen molar-refractivity contribution in [2.45, 2.75) is 33.2 Å². The lowest BCUT2D eigenvalue weighted by Crippen LogP contribution is -2.20. The maximum absolute atomic E-state index is 13.9. The number of nitrogens with zero attached hydrogens (tertiary/aromatic N) is 4. The van der Waals surface area contributed by atoms with Crippen LogP contribution in [0.15, 0.2) is 95.0 Å². The molecule has 0 N–H and O–H groups in total. The van der Waals surface area contributed by atoms with Crippen LogP contribution in [0.4, 0.5) is 0 Å². The van der Waals surface area contributed by atoms with Gasteiger partial charge in [0.25, 0.3) is 5.56 Å². The van der Waals surface area contributed by atoms with E-state index in [-0.39, 0.29) is 11.5 Å². The third-order valence-electron chi connectivity index (χ3n) is 7.66. The predicted molar refractivity (Wildman–Crippen MR) is 177 cm³/mol. The van der Waals surface area contributed by atoms with Crippen LogP contribution in [-0.4, -0.2) is 27.6 Å². The molecule has 6 aromatic rings. The van der Waals surface area contributed by atoms with Gasteiger partial charge < -0.3 is 9.30 Å². The summed E-state index contributed by atoms with van der Waals surface area (Å²) in [6, 6.07) is 25.2. The molecule has 2 heterocycles. The Labute approximate surface area is 259 Å². The van der Waals surface area contributed by atoms with Gasteiger partial charge in [-0.2, -0.15) is 9.78 Å². The van der Waals surface area contributed by atoms with Gasteiger partial charge in [0, 0.05) is 34.8 Å². The largest absolute Gasteiger partial charge is 0.496 e. The van der Waals surface area contributed by atoms with Gasteiger partial charge in [-0.05, 0) is 72.0 Å². The van der Waals surface area contributed by atoms with Crippen molar-refractivity contribution in [2.75, 3.05) is 7.11 Å². The summed E-state index contributed by atoms with van der Waals surface area (Å²) < 4.78 is 9.22. The Balaban J connectivity index is 1.51. The Morgan fingerprint density at radius 2 is 1.70 bits per heavy atom. The van der Waals surface area contributed by atoms with Crippen molar-refractivity contribution in [2.24, 2.45) is 5.10 Å². The Morgan fingerprint density at radius 3 is 2.44 bits per heavy atom. The molecule has 216 valence electrons. The minimum absolute atomic E-state index is 0.208. The van der Waals surface area contributed by atoms with Gasteiger partial charge in [0.1, 0.15) is 5.75 Å². The molecule has 0 saturated heterocycles. The molecule has 0 unspecified atom stereocenters. The number of methoxy groups -OCH3 is 1. The van der Waals surface area contributed by atoms with Crippen LogP contribution in [0.3, 0.4) is 0 Å². The monoisotopic (exact) mass is 608 g/mol. The molecule has 6 rings (SSSR count). The van der Waals surface area contributed by atoms with Crippen LogP contribution in [0.1, 0.15) is 42.0 Å². The second kappa shape index (κ2) is 11.7. The number of ether oxygens (including phenoxy) is 1. The highest BCUT2D eigenvalue weighted by Gasteiger charge is 2.18. The molecule has 6 nitrogen and oxygen atoms in total. The molecule has 0 aliphatic heterocycles. The summed E-state index contributed by atoms with van der Waals surface area (Å²) in [6.45, 7) is 6.82. The van der Waals surface area contributed by atoms with Gasteiger partial charge in [-0.3, -0.25) is 4.79 Å². The summed E-state index contributed by atoms with van der Waals surface area (Å²) in [5, 5.41) is 7.34. The van der Waals surface area contributed by atoms with Crippen LogP contribution < -0.4 is 10.3 Å². The number of para-hydroxylation sites is 2. The van der Waals surface area contributed by atoms with Crippen LogP contribution in [0.25, 0.3) is 33.2 Å². The van der Waals surface area contributed by atoms with Gasteiger partial charge in [-0.15, -0.1) is 0 Å². The Kier molecular flexibility index (Phi) is 7.82. The maximum atomic E-state index is 13.9. The van der Waals surface area contributed by atoms with Crippen LogP contribution in [0.2, 0.25) is 10.0 Å². The summed E-state index contributed by atoms with van der Waals surface area (Å²) in [4.78, 5) is 18.9. The van der Waals surface area contributed by atoms with E-state index in [1.54, 1.807) is 25.5 Å². The molecule has 0 aliphatic carbocycles. The molecule has 0 amide bonds. The zero-order valence-corrected chi connectivity index (χ0v) is 25.8. The van der Waals surface area contributed by atoms with Crippen molar-refractivity contribution >= 4 is 51.2 Å². The number of hydrogen-bond acceptors (Lipinski definition) is 4. The number of aromatic nitrogens is 3. The molecule has 0 atom stereocenters. The first-order chi connectivity index (χ1) is 20.7. The summed E-state index contributed by atoms with van der Waals surface area (Å²) >= 11 is 12.4. The first-order valence-corrected chi connectivity index (χ1v) is 14.8. The molecule has 0 bridgehead atoms. The Morgan fingerprint density at radius 1 is 0.953 bits per heavy atom. The Hall–Kier alpha value is -4.39. The average Bonchev–Trinajstić information content (AvgIpc) is 3.35. The van der Waals surface area contributed by atoms with E-state index in [1.165, 1.54) is 4.68 Å². The molecule has 0 spiro atoms. The molecule has 0 saturated carbocycles. The fraction of sp³-hybridized carbons (Fsp3) is 0.171. The van der Waals surface area contributed by atoms with Crippen LogP contribution in [0, 0.1) is 6.92 Å². The standard InChI is InChI=1S/C35H30Cl2N4O2/c1-21(2)27-17-28(22(3)15-33(27)43-4)34-39-31-11-7-5-10-26(31)35(42)41(34)38-18-24-20-40(32-12-8-6-9-25(24)32)19-23-13-14-29(36)30(37)16-23/h5-18,20-21H,19H2,1-4H3. The van der Waals surface area contributed by atoms with Crippen LogP contribution in [-0.2, 0) is 6.54 Å². The molecule has 0 aliphatic rings. The molecular formula is C35H30Cl2N4O2. The number of fused-ring (bicyclic) bond motifs is 2. The molecule has 0 fully saturated rings. The number of benzene rings is 4. The smallest absolute Gasteiger partial charge is 0.282 e. The highest BCUT2D eigenvalue weighted by molar-refractivity contribution is 6.42. The van der Waals surface area contributed by atoms with E-state index >= 15 is 0 Å². The van der Waals surface area contributed by atoms with E-state index < -0.39 is 0 Å². The maximum Gasteiger partial charge on any atom is 0.282 e. The minimum Gasteiger partial charge on any atom is -0.496 e. The molecule has 8 heteroatoms. The normalized spacial score (nSPS) is 11.8. The predicted octanol–water partition coefficient (Wildman–Crippen LogP) is 8.70. The first kappa shape index (κ1) is 28.7. The molecule has 43 heavy (non-hydrogen) atoms. The third-order valence-corrected chi connectivity index (χ3v) is 8.40. The highest BCUT2D eigenvalue weighted by Crippen LogP contribution is 2.34. The fourth-order valence-electron chi connectivity index (χ4n) is 5.44. The van der Waals surface area contributed by atoms with Gasteiger partial charge in [-0.1, -0.05) is 73.4 Å². The highest BCUT2D eigenvalue weighted by atomic mass is 35.5. The van der Waals surface area contributed by atoms with Crippen molar-refractivity contribution in [3.8, 4) is 17.1 Å². The zero-order chi connectivity index (χ0) is 30.2. The number of aryl methyl sites for hydroxylation is 1. The van der Waals surface area contributed by atoms with Gasteiger partial charge in [0.15, 0.2) is 5.82 Å². The van der Waals surface area contributed by atoms with Gasteiger partial charge in [0.2, 0.25) is 0 Å². The molecule has 4 aromatic carbocycles. The van der Waals surface area contributed by atoms with Crippen LogP contribution in [0.5, 0.6) is 5.75 Å². The molecule has 2 aromatic heterocycles. The third kappa shape index (κ3) is 5.44. The second-order valence-electron chi connectivity index (χ2n) is 10.9. The summed E-state index contributed by atoms with van der Waals surface area (Å²) in [7, 11) is 1.67. The number of hydrogen-bond donors (Lipinski definition) is 0. The molecule has 0 radical (unpaired) electrons. The van der Waals surface area contributed by atoms with Crippen molar-refractivity contribution in [3.63, 3.8) is 0 Å². The van der Waals surface area contributed by atoms with E-state index in [4.69, 9.17) is 38.0 Å². The lowest BCUT2D eigenvalue weighted by Gasteiger charge is -2.17. The zero-order valence-electron chi connectivity index (χ0n) is 24.3. The van der Waals surface area contributed by atoms with E-state index in [9.17, 15) is 4.79 Å².